The van der Waals surface area contributed by atoms with E-state index in [9.17, 15) is 32.3 Å². The van der Waals surface area contributed by atoms with E-state index in [0.29, 0.717) is 85.4 Å². The van der Waals surface area contributed by atoms with Gasteiger partial charge >= 0.3 is 12.0 Å². The zero-order valence-electron chi connectivity index (χ0n) is 50.8. The van der Waals surface area contributed by atoms with Gasteiger partial charge in [-0.3, -0.25) is 19.8 Å². The second kappa shape index (κ2) is 24.6. The number of hydrogen-bond acceptors (Lipinski definition) is 16. The van der Waals surface area contributed by atoms with Gasteiger partial charge in [-0.05, 0) is 131 Å². The molecule has 0 aliphatic carbocycles. The summed E-state index contributed by atoms with van der Waals surface area (Å²) in [6.45, 7) is 8.43. The second-order valence-electron chi connectivity index (χ2n) is 25.5. The molecule has 6 saturated heterocycles. The quantitative estimate of drug-likeness (QED) is 0.0633. The van der Waals surface area contributed by atoms with Crippen LogP contribution in [-0.2, 0) is 9.30 Å². The molecule has 4 aromatic carbocycles. The fourth-order valence-corrected chi connectivity index (χ4v) is 16.5. The summed E-state index contributed by atoms with van der Waals surface area (Å²) in [5, 5.41) is 23.1. The minimum absolute atomic E-state index is 0.000316. The SMILES string of the molecule is C#Cc1c(F)ccc2cc(O)cc(-c3ncc4c(N5CCCC(P(C)(C)=O)C5)nc(OCC56CCCN5CC(F)C6)nc4c3F)c12.C#Cc1c(F)ccc2cc(O)cc(-c3ncc4c(N5CCCCC5COC)nc(OCC56CCCN5CC(F)C6)nc4c3F)c12. The Morgan fingerprint density at radius 2 is 1.16 bits per heavy atom. The Bertz CT molecular complexity index is 4340. The van der Waals surface area contributed by atoms with Gasteiger partial charge in [-0.2, -0.15) is 19.9 Å². The Balaban J connectivity index is 0.000000167. The number of aromatic nitrogens is 6. The van der Waals surface area contributed by atoms with Crippen molar-refractivity contribution in [3.8, 4) is 70.7 Å². The molecule has 16 nitrogen and oxygen atoms in total. The molecule has 2 N–H and O–H groups in total. The van der Waals surface area contributed by atoms with Crippen LogP contribution in [0.25, 0.3) is 65.9 Å². The van der Waals surface area contributed by atoms with Gasteiger partial charge in [0.25, 0.3) is 0 Å². The predicted octanol–water partition coefficient (Wildman–Crippen LogP) is 12.1. The lowest BCUT2D eigenvalue weighted by Crippen LogP contribution is -2.44. The maximum absolute atomic E-state index is 16.8. The van der Waals surface area contributed by atoms with Crippen LogP contribution in [0.15, 0.2) is 60.9 Å². The summed E-state index contributed by atoms with van der Waals surface area (Å²) >= 11 is 0. The zero-order valence-corrected chi connectivity index (χ0v) is 51.7. The molecule has 8 aromatic rings. The molecule has 6 fully saturated rings. The summed E-state index contributed by atoms with van der Waals surface area (Å²) in [6, 6.07) is 10.8. The Labute approximate surface area is 522 Å². The molecule has 474 valence electrons. The Hall–Kier alpha value is -8.01. The lowest BCUT2D eigenvalue weighted by atomic mass is 9.95. The number of methoxy groups -OCH3 is 1. The molecule has 4 aromatic heterocycles. The highest BCUT2D eigenvalue weighted by atomic mass is 31.2. The number of phenolic OH excluding ortho intramolecular Hbond substituents is 2. The van der Waals surface area contributed by atoms with Gasteiger partial charge in [0.1, 0.15) is 82.7 Å². The number of hydrogen-bond donors (Lipinski definition) is 2. The maximum atomic E-state index is 16.8. The third-order valence-corrected chi connectivity index (χ3v) is 21.7. The molecular weight excluding hydrogens is 1200 g/mol. The molecule has 0 amide bonds. The predicted molar refractivity (Wildman–Crippen MR) is 338 cm³/mol. The van der Waals surface area contributed by atoms with Crippen LogP contribution in [0, 0.1) is 48.0 Å². The normalized spacial score (nSPS) is 23.5. The molecule has 6 atom stereocenters. The number of nitrogens with zero attached hydrogens (tertiary/aromatic N) is 10. The standard InChI is InChI=1S/C34H35F3N5O3P.C34H34F3N5O3/c1-4-24-27(36)9-8-20-13-22(43)14-25(28(20)24)30-29(37)31-26(16-38-30)32(41-11-5-7-23(18-41)46(2,3)44)40-33(39-31)45-19-34-10-6-12-42(34)17-21(35)15-34;1-3-24-27(36)9-8-20-13-23(43)14-25(28(20)24)30-29(37)31-26(16-38-30)32(42-12-5-4-7-22(42)18-44-2)40-33(39-31)45-19-34-10-6-11-41(34)17-21(35)15-34/h1,8-9,13-14,16,21,23,43H,5-7,10-12,15,17-19H2,2-3H3;1,8-9,13-14,16,21-22,43H,4-7,10-12,15,17-19H2,2H3. The number of halogens is 6. The van der Waals surface area contributed by atoms with Crippen LogP contribution < -0.4 is 19.3 Å². The second-order valence-corrected chi connectivity index (χ2v) is 29.1. The van der Waals surface area contributed by atoms with E-state index in [2.05, 4.69) is 46.5 Å². The fourth-order valence-electron chi connectivity index (χ4n) is 15.1. The minimum atomic E-state index is -2.43. The zero-order chi connectivity index (χ0) is 63.7. The van der Waals surface area contributed by atoms with Crippen LogP contribution in [0.3, 0.4) is 0 Å². The highest BCUT2D eigenvalue weighted by Gasteiger charge is 2.51. The van der Waals surface area contributed by atoms with Crippen LogP contribution in [0.4, 0.5) is 38.0 Å². The summed E-state index contributed by atoms with van der Waals surface area (Å²) in [4.78, 5) is 35.9. The average molecular weight is 1270 g/mol. The smallest absolute Gasteiger partial charge is 0.319 e. The van der Waals surface area contributed by atoms with Crippen molar-refractivity contribution in [1.29, 1.82) is 0 Å². The van der Waals surface area contributed by atoms with Crippen molar-refractivity contribution in [1.82, 2.24) is 39.7 Å². The van der Waals surface area contributed by atoms with Crippen molar-refractivity contribution in [2.45, 2.75) is 106 Å². The van der Waals surface area contributed by atoms with Crippen molar-refractivity contribution in [2.75, 3.05) is 95.9 Å². The average Bonchev–Trinajstić information content (AvgIpc) is 1.67. The van der Waals surface area contributed by atoms with Crippen LogP contribution in [-0.4, -0.2) is 171 Å². The molecule has 14 rings (SSSR count). The molecular formula is C68H69F6N10O6P. The van der Waals surface area contributed by atoms with Crippen LogP contribution in [0.1, 0.15) is 81.8 Å². The first-order chi connectivity index (χ1) is 43.8. The Morgan fingerprint density at radius 1 is 0.648 bits per heavy atom. The molecule has 6 unspecified atom stereocenters. The Morgan fingerprint density at radius 3 is 1.67 bits per heavy atom. The van der Waals surface area contributed by atoms with Gasteiger partial charge in [0.2, 0.25) is 0 Å². The van der Waals surface area contributed by atoms with Crippen molar-refractivity contribution in [3.63, 3.8) is 0 Å². The highest BCUT2D eigenvalue weighted by molar-refractivity contribution is 7.63. The van der Waals surface area contributed by atoms with Crippen LogP contribution in [0.5, 0.6) is 23.5 Å². The van der Waals surface area contributed by atoms with Crippen molar-refractivity contribution >= 4 is 62.1 Å². The van der Waals surface area contributed by atoms with E-state index in [0.717, 1.165) is 70.9 Å². The first-order valence-electron chi connectivity index (χ1n) is 30.9. The van der Waals surface area contributed by atoms with Crippen LogP contribution in [0.2, 0.25) is 0 Å². The first-order valence-corrected chi connectivity index (χ1v) is 33.6. The number of aromatic hydroxyl groups is 2. The number of pyridine rings is 2. The van der Waals surface area contributed by atoms with Gasteiger partial charge in [0.15, 0.2) is 11.6 Å². The first kappa shape index (κ1) is 61.8. The van der Waals surface area contributed by atoms with E-state index in [1.165, 1.54) is 60.9 Å². The van der Waals surface area contributed by atoms with Crippen LogP contribution >= 0.6 is 7.14 Å². The molecule has 0 saturated carbocycles. The van der Waals surface area contributed by atoms with Gasteiger partial charge in [-0.25, -0.2) is 26.3 Å². The number of benzene rings is 4. The number of rotatable bonds is 13. The lowest BCUT2D eigenvalue weighted by molar-refractivity contribution is 0.107. The van der Waals surface area contributed by atoms with Gasteiger partial charge in [0.05, 0.1) is 52.8 Å². The molecule has 6 aliphatic heterocycles. The number of alkyl halides is 2. The summed E-state index contributed by atoms with van der Waals surface area (Å²) in [5.41, 5.74) is -1.30. The number of anilines is 2. The van der Waals surface area contributed by atoms with Crippen molar-refractivity contribution in [2.24, 2.45) is 0 Å². The molecule has 0 radical (unpaired) electrons. The number of fused-ring (bicyclic) bond motifs is 6. The number of phenols is 2. The third-order valence-electron chi connectivity index (χ3n) is 19.5. The van der Waals surface area contributed by atoms with Gasteiger partial charge in [0, 0.05) is 92.6 Å². The van der Waals surface area contributed by atoms with Gasteiger partial charge in [-0.15, -0.1) is 12.8 Å². The molecule has 6 aliphatic rings. The van der Waals surface area contributed by atoms with E-state index in [1.54, 1.807) is 20.4 Å². The number of ether oxygens (including phenoxy) is 3. The molecule has 91 heavy (non-hydrogen) atoms. The van der Waals surface area contributed by atoms with Crippen molar-refractivity contribution < 1.29 is 55.3 Å². The fraction of sp³-hybridized carbons (Fsp3) is 0.441. The van der Waals surface area contributed by atoms with Gasteiger partial charge < -0.3 is 38.8 Å². The largest absolute Gasteiger partial charge is 0.508 e. The molecule has 0 spiro atoms. The topological polar surface area (TPSA) is 176 Å². The molecule has 23 heteroatoms. The van der Waals surface area contributed by atoms with E-state index in [4.69, 9.17) is 37.0 Å². The number of piperidine rings is 2. The van der Waals surface area contributed by atoms with E-state index >= 15 is 8.78 Å². The van der Waals surface area contributed by atoms with E-state index in [1.807, 2.05) is 4.90 Å². The highest BCUT2D eigenvalue weighted by Crippen LogP contribution is 2.49. The minimum Gasteiger partial charge on any atom is -0.508 e. The van der Waals surface area contributed by atoms with E-state index in [-0.39, 0.29) is 104 Å². The Kier molecular flexibility index (Phi) is 16.7. The third kappa shape index (κ3) is 11.5. The van der Waals surface area contributed by atoms with Crippen molar-refractivity contribution in [3.05, 3.63) is 95.3 Å². The maximum Gasteiger partial charge on any atom is 0.319 e. The van der Waals surface area contributed by atoms with Gasteiger partial charge in [-0.1, -0.05) is 24.0 Å². The summed E-state index contributed by atoms with van der Waals surface area (Å²) in [7, 11) is -0.787. The summed E-state index contributed by atoms with van der Waals surface area (Å²) in [6.07, 6.45) is 21.0. The molecule has 0 bridgehead atoms. The summed E-state index contributed by atoms with van der Waals surface area (Å²) in [5.74, 6) is 2.37. The monoisotopic (exact) mass is 1270 g/mol. The van der Waals surface area contributed by atoms with E-state index < -0.39 is 53.8 Å². The molecule has 10 heterocycles. The lowest BCUT2D eigenvalue weighted by Gasteiger charge is -2.37. The summed E-state index contributed by atoms with van der Waals surface area (Å²) < 4.78 is 123. The number of terminal acetylenes is 2.